The number of fused-ring (bicyclic) bond motifs is 1. The Balaban J connectivity index is 1.85. The van der Waals surface area contributed by atoms with E-state index in [1.54, 1.807) is 13.0 Å². The molecule has 29 heavy (non-hydrogen) atoms. The van der Waals surface area contributed by atoms with Gasteiger partial charge in [-0.15, -0.1) is 0 Å². The fraction of sp³-hybridized carbons (Fsp3) is 0.583. The smallest absolute Gasteiger partial charge is 0.303 e. The Bertz CT molecular complexity index is 755. The topological polar surface area (TPSA) is 76.1 Å². The van der Waals surface area contributed by atoms with Crippen molar-refractivity contribution in [2.45, 2.75) is 84.5 Å². The van der Waals surface area contributed by atoms with Crippen LogP contribution in [-0.4, -0.2) is 41.3 Å². The number of esters is 1. The largest absolute Gasteiger partial charge is 0.455 e. The number of carbonyl (C=O) groups excluding carboxylic acids is 2. The van der Waals surface area contributed by atoms with E-state index in [-0.39, 0.29) is 24.5 Å². The molecule has 0 aromatic carbocycles. The number of aliphatic hydroxyl groups excluding tert-OH is 1. The number of carbonyl (C=O) groups is 2. The highest BCUT2D eigenvalue weighted by atomic mass is 16.7. The molecule has 0 spiro atoms. The number of rotatable bonds is 10. The molecule has 5 heteroatoms. The van der Waals surface area contributed by atoms with E-state index in [0.717, 1.165) is 36.8 Å². The zero-order chi connectivity index (χ0) is 21.6. The van der Waals surface area contributed by atoms with Crippen LogP contribution in [0.4, 0.5) is 0 Å². The second kappa shape index (κ2) is 10.2. The van der Waals surface area contributed by atoms with Crippen molar-refractivity contribution in [3.05, 3.63) is 46.6 Å². The summed E-state index contributed by atoms with van der Waals surface area (Å²) in [7, 11) is 0. The molecule has 3 atom stereocenters. The van der Waals surface area contributed by atoms with Gasteiger partial charge in [0.15, 0.2) is 17.5 Å². The summed E-state index contributed by atoms with van der Waals surface area (Å²) >= 11 is 0. The first-order valence-electron chi connectivity index (χ1n) is 10.3. The Hall–Kier alpha value is -1.98. The van der Waals surface area contributed by atoms with Gasteiger partial charge in [-0.25, -0.2) is 0 Å². The van der Waals surface area contributed by atoms with Gasteiger partial charge in [0.05, 0.1) is 6.61 Å². The van der Waals surface area contributed by atoms with Gasteiger partial charge in [-0.1, -0.05) is 34.9 Å². The van der Waals surface area contributed by atoms with Crippen molar-refractivity contribution in [3.8, 4) is 0 Å². The van der Waals surface area contributed by atoms with Crippen LogP contribution in [0.1, 0.15) is 66.7 Å². The summed E-state index contributed by atoms with van der Waals surface area (Å²) in [5.74, 6) is -0.396. The maximum atomic E-state index is 12.5. The van der Waals surface area contributed by atoms with E-state index in [4.69, 9.17) is 14.6 Å². The number of aliphatic hydroxyl groups is 1. The molecular formula is C24H34O5. The zero-order valence-corrected chi connectivity index (χ0v) is 18.3. The van der Waals surface area contributed by atoms with E-state index in [1.807, 2.05) is 6.92 Å². The lowest BCUT2D eigenvalue weighted by molar-refractivity contribution is -0.145. The molecule has 0 bridgehead atoms. The van der Waals surface area contributed by atoms with Crippen molar-refractivity contribution in [1.29, 1.82) is 0 Å². The Kier molecular flexibility index (Phi) is 8.17. The Morgan fingerprint density at radius 1 is 1.10 bits per heavy atom. The fourth-order valence-corrected chi connectivity index (χ4v) is 3.63. The van der Waals surface area contributed by atoms with Crippen molar-refractivity contribution in [2.75, 3.05) is 6.61 Å². The van der Waals surface area contributed by atoms with Crippen LogP contribution >= 0.6 is 0 Å². The molecule has 1 aliphatic heterocycles. The number of ether oxygens (including phenoxy) is 2. The molecule has 160 valence electrons. The van der Waals surface area contributed by atoms with E-state index >= 15 is 0 Å². The van der Waals surface area contributed by atoms with Gasteiger partial charge in [-0.2, -0.15) is 0 Å². The summed E-state index contributed by atoms with van der Waals surface area (Å²) in [5.41, 5.74) is 3.46. The Morgan fingerprint density at radius 3 is 2.28 bits per heavy atom. The highest BCUT2D eigenvalue weighted by Crippen LogP contribution is 2.49. The summed E-state index contributed by atoms with van der Waals surface area (Å²) in [6.45, 7) is 9.43. The van der Waals surface area contributed by atoms with Crippen molar-refractivity contribution in [2.24, 2.45) is 0 Å². The summed E-state index contributed by atoms with van der Waals surface area (Å²) < 4.78 is 11.1. The Morgan fingerprint density at radius 2 is 1.69 bits per heavy atom. The van der Waals surface area contributed by atoms with Crippen LogP contribution in [0, 0.1) is 0 Å². The molecule has 0 radical (unpaired) electrons. The van der Waals surface area contributed by atoms with Crippen molar-refractivity contribution < 1.29 is 24.2 Å². The molecule has 2 rings (SSSR count). The highest BCUT2D eigenvalue weighted by molar-refractivity contribution is 6.02. The summed E-state index contributed by atoms with van der Waals surface area (Å²) in [4.78, 5) is 23.8. The molecule has 2 aliphatic rings. The van der Waals surface area contributed by atoms with Gasteiger partial charge in [-0.3, -0.25) is 9.59 Å². The summed E-state index contributed by atoms with van der Waals surface area (Å²) in [5, 5.41) is 9.01. The van der Waals surface area contributed by atoms with Crippen LogP contribution < -0.4 is 0 Å². The lowest BCUT2D eigenvalue weighted by Gasteiger charge is -2.22. The maximum absolute atomic E-state index is 12.5. The van der Waals surface area contributed by atoms with Gasteiger partial charge in [0, 0.05) is 13.3 Å². The average Bonchev–Trinajstić information content (AvgIpc) is 3.39. The van der Waals surface area contributed by atoms with Gasteiger partial charge >= 0.3 is 5.97 Å². The molecule has 0 aromatic heterocycles. The molecule has 5 nitrogen and oxygen atoms in total. The number of allylic oxidation sites excluding steroid dienone is 4. The normalized spacial score (nSPS) is 27.4. The van der Waals surface area contributed by atoms with Gasteiger partial charge in [0.2, 0.25) is 0 Å². The van der Waals surface area contributed by atoms with E-state index in [0.29, 0.717) is 6.42 Å². The molecule has 0 aromatic rings. The van der Waals surface area contributed by atoms with Crippen LogP contribution in [0.3, 0.4) is 0 Å². The standard InChI is InChI=1S/C24H34O5/c1-16(9-7-11-18(3)15-25)8-6-10-17(2)12-13-24-21(27)14-19(4)22(23(24)29-24)28-20(5)26/h8,11-12,14,22-23,25H,6-7,9-10,13,15H2,1-5H3/b16-8+,17-12-,18-11+/t22-,23-,24+/m1/s1. The third kappa shape index (κ3) is 6.25. The highest BCUT2D eigenvalue weighted by Gasteiger charge is 2.67. The monoisotopic (exact) mass is 402 g/mol. The molecular weight excluding hydrogens is 368 g/mol. The summed E-state index contributed by atoms with van der Waals surface area (Å²) in [6.07, 6.45) is 11.5. The minimum absolute atomic E-state index is 0.0329. The lowest BCUT2D eigenvalue weighted by Crippen LogP contribution is -2.38. The Labute approximate surface area is 174 Å². The van der Waals surface area contributed by atoms with Gasteiger partial charge in [0.25, 0.3) is 0 Å². The van der Waals surface area contributed by atoms with Crippen LogP contribution in [0.25, 0.3) is 0 Å². The van der Waals surface area contributed by atoms with Crippen LogP contribution in [-0.2, 0) is 19.1 Å². The molecule has 1 N–H and O–H groups in total. The van der Waals surface area contributed by atoms with Crippen molar-refractivity contribution >= 4 is 11.8 Å². The number of ketones is 1. The second-order valence-corrected chi connectivity index (χ2v) is 8.30. The number of hydrogen-bond acceptors (Lipinski definition) is 5. The molecule has 0 unspecified atom stereocenters. The third-order valence-corrected chi connectivity index (χ3v) is 5.60. The minimum Gasteiger partial charge on any atom is -0.455 e. The van der Waals surface area contributed by atoms with Gasteiger partial charge in [0.1, 0.15) is 6.10 Å². The minimum atomic E-state index is -0.858. The van der Waals surface area contributed by atoms with E-state index < -0.39 is 11.7 Å². The van der Waals surface area contributed by atoms with Crippen LogP contribution in [0.5, 0.6) is 0 Å². The maximum Gasteiger partial charge on any atom is 0.303 e. The third-order valence-electron chi connectivity index (χ3n) is 5.60. The quantitative estimate of drug-likeness (QED) is 0.334. The molecule has 0 saturated carbocycles. The number of hydrogen-bond donors (Lipinski definition) is 1. The van der Waals surface area contributed by atoms with Gasteiger partial charge in [-0.05, 0) is 65.0 Å². The molecule has 1 aliphatic carbocycles. The first-order chi connectivity index (χ1) is 13.7. The number of epoxide rings is 1. The average molecular weight is 403 g/mol. The van der Waals surface area contributed by atoms with Gasteiger partial charge < -0.3 is 14.6 Å². The van der Waals surface area contributed by atoms with Crippen molar-refractivity contribution in [3.63, 3.8) is 0 Å². The summed E-state index contributed by atoms with van der Waals surface area (Å²) in [6, 6.07) is 0. The van der Waals surface area contributed by atoms with Crippen LogP contribution in [0.15, 0.2) is 46.6 Å². The molecule has 0 amide bonds. The fourth-order valence-electron chi connectivity index (χ4n) is 3.63. The van der Waals surface area contributed by atoms with Crippen LogP contribution in [0.2, 0.25) is 0 Å². The SMILES string of the molecule is CC(=O)O[C@@H]1C(C)=CC(=O)[C@]2(C/C=C(/C)CC/C=C(\C)CC/C=C(\C)CO)O[C@H]12. The predicted octanol–water partition coefficient (Wildman–Crippen LogP) is 4.37. The van der Waals surface area contributed by atoms with E-state index in [1.165, 1.54) is 18.1 Å². The second-order valence-electron chi connectivity index (χ2n) is 8.30. The predicted molar refractivity (Wildman–Crippen MR) is 113 cm³/mol. The van der Waals surface area contributed by atoms with E-state index in [2.05, 4.69) is 32.1 Å². The molecule has 1 saturated heterocycles. The lowest BCUT2D eigenvalue weighted by atomic mass is 9.84. The zero-order valence-electron chi connectivity index (χ0n) is 18.3. The first kappa shape index (κ1) is 23.3. The molecule has 1 heterocycles. The van der Waals surface area contributed by atoms with Crippen molar-refractivity contribution in [1.82, 2.24) is 0 Å². The van der Waals surface area contributed by atoms with E-state index in [9.17, 15) is 9.59 Å². The molecule has 1 fully saturated rings. The first-order valence-corrected chi connectivity index (χ1v) is 10.3.